The van der Waals surface area contributed by atoms with Gasteiger partial charge in [-0.3, -0.25) is 14.9 Å². The molecule has 1 rings (SSSR count). The van der Waals surface area contributed by atoms with Gasteiger partial charge >= 0.3 is 0 Å². The van der Waals surface area contributed by atoms with Gasteiger partial charge in [0.25, 0.3) is 5.69 Å². The van der Waals surface area contributed by atoms with Gasteiger partial charge in [0.2, 0.25) is 5.91 Å². The number of benzene rings is 1. The molecule has 0 atom stereocenters. The fourth-order valence-corrected chi connectivity index (χ4v) is 1.90. The third-order valence-electron chi connectivity index (χ3n) is 2.74. The molecule has 0 fully saturated rings. The number of rotatable bonds is 6. The van der Waals surface area contributed by atoms with Crippen LogP contribution in [-0.4, -0.2) is 28.8 Å². The van der Waals surface area contributed by atoms with Gasteiger partial charge in [-0.25, -0.2) is 0 Å². The van der Waals surface area contributed by atoms with Gasteiger partial charge in [0, 0.05) is 25.2 Å². The van der Waals surface area contributed by atoms with Crippen molar-refractivity contribution in [2.75, 3.05) is 13.1 Å². The van der Waals surface area contributed by atoms with Crippen LogP contribution in [0.2, 0.25) is 5.02 Å². The minimum atomic E-state index is -0.555. The van der Waals surface area contributed by atoms with Crippen molar-refractivity contribution in [2.45, 2.75) is 13.8 Å². The van der Waals surface area contributed by atoms with E-state index in [1.54, 1.807) is 11.0 Å². The molecule has 1 aromatic rings. The van der Waals surface area contributed by atoms with Gasteiger partial charge in [-0.2, -0.15) is 0 Å². The monoisotopic (exact) mass is 308 g/mol. The maximum absolute atomic E-state index is 12.0. The van der Waals surface area contributed by atoms with Crippen molar-refractivity contribution < 1.29 is 9.72 Å². The highest BCUT2D eigenvalue weighted by atomic mass is 35.5. The normalized spacial score (nSPS) is 10.6. The number of nitro groups is 1. The summed E-state index contributed by atoms with van der Waals surface area (Å²) >= 11 is 5.73. The highest BCUT2D eigenvalue weighted by molar-refractivity contribution is 6.32. The third-order valence-corrected chi connectivity index (χ3v) is 3.06. The van der Waals surface area contributed by atoms with Gasteiger partial charge in [-0.1, -0.05) is 29.8 Å². The molecule has 112 valence electrons. The molecular weight excluding hydrogens is 292 g/mol. The summed E-state index contributed by atoms with van der Waals surface area (Å²) in [5.41, 5.74) is 1.26. The van der Waals surface area contributed by atoms with Crippen LogP contribution in [0.4, 0.5) is 5.69 Å². The molecule has 0 N–H and O–H groups in total. The first kappa shape index (κ1) is 16.9. The van der Waals surface area contributed by atoms with Crippen molar-refractivity contribution in [3.63, 3.8) is 0 Å². The number of likely N-dealkylation sites (N-methyl/N-ethyl adjacent to an activating group) is 1. The second kappa shape index (κ2) is 7.59. The molecule has 0 aromatic heterocycles. The SMILES string of the molecule is C=C(C)CN(CC)C(=O)/C=C/c1ccc(Cl)c([N+](=O)[O-])c1. The van der Waals surface area contributed by atoms with Gasteiger partial charge in [0.1, 0.15) is 5.02 Å². The van der Waals surface area contributed by atoms with E-state index >= 15 is 0 Å². The van der Waals surface area contributed by atoms with E-state index < -0.39 is 4.92 Å². The van der Waals surface area contributed by atoms with Crippen molar-refractivity contribution in [3.05, 3.63) is 57.1 Å². The number of nitrogens with zero attached hydrogens (tertiary/aromatic N) is 2. The standard InChI is InChI=1S/C15H17ClN2O3/c1-4-17(10-11(2)3)15(19)8-6-12-5-7-13(16)14(9-12)18(20)21/h5-9H,2,4,10H2,1,3H3/b8-6+. The number of carbonyl (C=O) groups excluding carboxylic acids is 1. The van der Waals surface area contributed by atoms with Gasteiger partial charge < -0.3 is 4.90 Å². The minimum absolute atomic E-state index is 0.0703. The van der Waals surface area contributed by atoms with E-state index in [4.69, 9.17) is 11.6 Å². The topological polar surface area (TPSA) is 63.5 Å². The summed E-state index contributed by atoms with van der Waals surface area (Å²) < 4.78 is 0. The maximum atomic E-state index is 12.0. The lowest BCUT2D eigenvalue weighted by Crippen LogP contribution is -2.30. The molecule has 0 bridgehead atoms. The van der Waals surface area contributed by atoms with Crippen molar-refractivity contribution in [1.29, 1.82) is 0 Å². The van der Waals surface area contributed by atoms with Crippen LogP contribution >= 0.6 is 11.6 Å². The lowest BCUT2D eigenvalue weighted by Gasteiger charge is -2.18. The van der Waals surface area contributed by atoms with Crippen molar-refractivity contribution >= 4 is 29.3 Å². The van der Waals surface area contributed by atoms with Gasteiger partial charge in [-0.05, 0) is 31.6 Å². The first-order valence-electron chi connectivity index (χ1n) is 6.40. The van der Waals surface area contributed by atoms with Gasteiger partial charge in [0.05, 0.1) is 4.92 Å². The second-order valence-corrected chi connectivity index (χ2v) is 5.02. The molecule has 0 saturated heterocycles. The number of amides is 1. The first-order valence-corrected chi connectivity index (χ1v) is 6.78. The summed E-state index contributed by atoms with van der Waals surface area (Å²) in [4.78, 5) is 23.9. The number of hydrogen-bond acceptors (Lipinski definition) is 3. The van der Waals surface area contributed by atoms with Crippen LogP contribution in [0.25, 0.3) is 6.08 Å². The Labute approximate surface area is 128 Å². The van der Waals surface area contributed by atoms with E-state index in [9.17, 15) is 14.9 Å². The smallest absolute Gasteiger partial charge is 0.288 e. The zero-order valence-electron chi connectivity index (χ0n) is 12.0. The molecule has 0 aliphatic rings. The fourth-order valence-electron chi connectivity index (χ4n) is 1.72. The first-order chi connectivity index (χ1) is 9.85. The van der Waals surface area contributed by atoms with E-state index in [-0.39, 0.29) is 16.6 Å². The Hall–Kier alpha value is -2.14. The van der Waals surface area contributed by atoms with E-state index in [2.05, 4.69) is 6.58 Å². The van der Waals surface area contributed by atoms with Crippen LogP contribution < -0.4 is 0 Å². The number of halogens is 1. The van der Waals surface area contributed by atoms with E-state index in [1.165, 1.54) is 24.3 Å². The Balaban J connectivity index is 2.89. The highest BCUT2D eigenvalue weighted by Crippen LogP contribution is 2.25. The number of carbonyl (C=O) groups is 1. The molecule has 21 heavy (non-hydrogen) atoms. The Morgan fingerprint density at radius 2 is 2.19 bits per heavy atom. The van der Waals surface area contributed by atoms with Crippen LogP contribution in [0.5, 0.6) is 0 Å². The van der Waals surface area contributed by atoms with Crippen LogP contribution in [0.1, 0.15) is 19.4 Å². The quantitative estimate of drug-likeness (QED) is 0.348. The zero-order chi connectivity index (χ0) is 16.0. The van der Waals surface area contributed by atoms with E-state index in [0.29, 0.717) is 18.7 Å². The molecule has 0 radical (unpaired) electrons. The summed E-state index contributed by atoms with van der Waals surface area (Å²) in [6.45, 7) is 8.56. The average molecular weight is 309 g/mol. The third kappa shape index (κ3) is 5.04. The van der Waals surface area contributed by atoms with Gasteiger partial charge in [-0.15, -0.1) is 0 Å². The van der Waals surface area contributed by atoms with Crippen LogP contribution in [0, 0.1) is 10.1 Å². The van der Waals surface area contributed by atoms with Crippen LogP contribution in [-0.2, 0) is 4.79 Å². The number of hydrogen-bond donors (Lipinski definition) is 0. The molecule has 1 amide bonds. The lowest BCUT2D eigenvalue weighted by atomic mass is 10.2. The minimum Gasteiger partial charge on any atom is -0.335 e. The Morgan fingerprint density at radius 1 is 1.52 bits per heavy atom. The second-order valence-electron chi connectivity index (χ2n) is 4.61. The molecule has 6 heteroatoms. The van der Waals surface area contributed by atoms with Crippen molar-refractivity contribution in [1.82, 2.24) is 4.90 Å². The predicted molar refractivity (Wildman–Crippen MR) is 84.2 cm³/mol. The molecule has 1 aromatic carbocycles. The summed E-state index contributed by atoms with van der Waals surface area (Å²) in [6.07, 6.45) is 2.92. The largest absolute Gasteiger partial charge is 0.335 e. The molecule has 0 aliphatic heterocycles. The fraction of sp³-hybridized carbons (Fsp3) is 0.267. The lowest BCUT2D eigenvalue weighted by molar-refractivity contribution is -0.384. The Kier molecular flexibility index (Phi) is 6.11. The predicted octanol–water partition coefficient (Wildman–Crippen LogP) is 3.69. The maximum Gasteiger partial charge on any atom is 0.288 e. The number of nitro benzene ring substituents is 1. The van der Waals surface area contributed by atoms with Crippen LogP contribution in [0.3, 0.4) is 0 Å². The molecule has 0 spiro atoms. The Morgan fingerprint density at radius 3 is 2.71 bits per heavy atom. The summed E-state index contributed by atoms with van der Waals surface area (Å²) in [5, 5.41) is 10.9. The molecular formula is C15H17ClN2O3. The summed E-state index contributed by atoms with van der Waals surface area (Å²) in [5.74, 6) is -0.168. The summed E-state index contributed by atoms with van der Waals surface area (Å²) in [6, 6.07) is 4.39. The van der Waals surface area contributed by atoms with Crippen molar-refractivity contribution in [3.8, 4) is 0 Å². The average Bonchev–Trinajstić information content (AvgIpc) is 2.42. The summed E-state index contributed by atoms with van der Waals surface area (Å²) in [7, 11) is 0. The van der Waals surface area contributed by atoms with E-state index in [0.717, 1.165) is 5.57 Å². The van der Waals surface area contributed by atoms with Crippen LogP contribution in [0.15, 0.2) is 36.4 Å². The van der Waals surface area contributed by atoms with Gasteiger partial charge in [0.15, 0.2) is 0 Å². The zero-order valence-corrected chi connectivity index (χ0v) is 12.8. The highest BCUT2D eigenvalue weighted by Gasteiger charge is 2.12. The molecule has 0 heterocycles. The molecule has 0 unspecified atom stereocenters. The Bertz CT molecular complexity index is 597. The van der Waals surface area contributed by atoms with Crippen molar-refractivity contribution in [2.24, 2.45) is 0 Å². The molecule has 0 saturated carbocycles. The molecule has 5 nitrogen and oxygen atoms in total. The molecule has 0 aliphatic carbocycles. The van der Waals surface area contributed by atoms with E-state index in [1.807, 2.05) is 13.8 Å².